The van der Waals surface area contributed by atoms with Gasteiger partial charge in [0.25, 0.3) is 6.71 Å². The molecule has 0 saturated heterocycles. The lowest BCUT2D eigenvalue weighted by molar-refractivity contribution is 0.332. The van der Waals surface area contributed by atoms with Crippen molar-refractivity contribution in [3.63, 3.8) is 0 Å². The maximum Gasteiger partial charge on any atom is 0.252 e. The number of fused-ring (bicyclic) bond motifs is 15. The highest BCUT2D eigenvalue weighted by atomic mass is 32.1. The molecule has 0 spiro atoms. The topological polar surface area (TPSA) is 16.3 Å². The van der Waals surface area contributed by atoms with E-state index in [1.807, 2.05) is 11.3 Å². The summed E-state index contributed by atoms with van der Waals surface area (Å²) in [6, 6.07) is 87.1. The van der Waals surface area contributed by atoms with Crippen molar-refractivity contribution < 1.29 is 0 Å². The molecule has 6 heteroatoms. The second-order valence-corrected chi connectivity index (χ2v) is 29.6. The third-order valence-corrected chi connectivity index (χ3v) is 22.8. The van der Waals surface area contributed by atoms with E-state index in [4.69, 9.17) is 0 Å². The van der Waals surface area contributed by atoms with Crippen molar-refractivity contribution in [3.05, 3.63) is 247 Å². The number of thiophene rings is 1. The lowest BCUT2D eigenvalue weighted by atomic mass is 9.33. The van der Waals surface area contributed by atoms with Gasteiger partial charge in [-0.3, -0.25) is 0 Å². The number of nitrogens with zero attached hydrogens (tertiary/aromatic N) is 4. The molecule has 2 aliphatic carbocycles. The molecular weight excluding hydrogens is 1080 g/mol. The third kappa shape index (κ3) is 7.39. The van der Waals surface area contributed by atoms with Gasteiger partial charge in [0.2, 0.25) is 0 Å². The first-order chi connectivity index (χ1) is 42.6. The number of para-hydroxylation sites is 4. The van der Waals surface area contributed by atoms with Gasteiger partial charge in [-0.1, -0.05) is 177 Å². The van der Waals surface area contributed by atoms with E-state index in [9.17, 15) is 0 Å². The number of anilines is 6. The molecule has 5 heterocycles. The van der Waals surface area contributed by atoms with E-state index in [1.165, 1.54) is 148 Å². The van der Waals surface area contributed by atoms with Crippen LogP contribution in [-0.4, -0.2) is 15.8 Å². The van der Waals surface area contributed by atoms with E-state index in [0.29, 0.717) is 0 Å². The Morgan fingerprint density at radius 2 is 0.693 bits per heavy atom. The van der Waals surface area contributed by atoms with E-state index in [0.717, 1.165) is 37.1 Å². The molecule has 0 N–H and O–H groups in total. The standard InChI is InChI=1S/C82H69BN4S/c1-79(2)39-41-81(5,6)64-46-52(30-34-62(64)79)86-72-48-54(84-68-24-14-9-19-56(68)57-20-10-15-25-69(57)84)32-36-66(72)83-67-37-33-55(85-70-26-16-11-21-58(70)59-22-12-17-27-71(59)85)49-73(67)87(53-31-35-63-65(47-53)82(7,8)42-40-80(63,3)4)75-45-51(44-74(86)78(75)83)50-29-38-77-61(43-50)60-23-13-18-28-76(60)88-77/h9-38,43-49H,39-42H2,1-8H3. The summed E-state index contributed by atoms with van der Waals surface area (Å²) < 4.78 is 7.64. The molecule has 0 fully saturated rings. The van der Waals surface area contributed by atoms with Gasteiger partial charge in [-0.2, -0.15) is 0 Å². The van der Waals surface area contributed by atoms with Crippen LogP contribution in [0.3, 0.4) is 0 Å². The van der Waals surface area contributed by atoms with Crippen molar-refractivity contribution in [1.82, 2.24) is 9.13 Å². The van der Waals surface area contributed by atoms with Gasteiger partial charge in [0.1, 0.15) is 0 Å². The fraction of sp³-hybridized carbons (Fsp3) is 0.195. The highest BCUT2D eigenvalue weighted by molar-refractivity contribution is 7.25. The van der Waals surface area contributed by atoms with Crippen LogP contribution in [0.15, 0.2) is 224 Å². The summed E-state index contributed by atoms with van der Waals surface area (Å²) in [6.45, 7) is 19.6. The fourth-order valence-electron chi connectivity index (χ4n) is 16.7. The largest absolute Gasteiger partial charge is 0.311 e. The first kappa shape index (κ1) is 52.1. The van der Waals surface area contributed by atoms with Crippen LogP contribution in [0.1, 0.15) is 103 Å². The van der Waals surface area contributed by atoms with Gasteiger partial charge < -0.3 is 18.9 Å². The van der Waals surface area contributed by atoms with Crippen LogP contribution < -0.4 is 26.2 Å². The van der Waals surface area contributed by atoms with Crippen LogP contribution in [0.4, 0.5) is 34.1 Å². The van der Waals surface area contributed by atoms with Gasteiger partial charge in [0.15, 0.2) is 0 Å². The highest BCUT2D eigenvalue weighted by Gasteiger charge is 2.46. The van der Waals surface area contributed by atoms with Gasteiger partial charge in [0.05, 0.1) is 22.1 Å². The molecule has 0 bridgehead atoms. The molecule has 3 aromatic heterocycles. The minimum atomic E-state index is -0.111. The quantitative estimate of drug-likeness (QED) is 0.160. The summed E-state index contributed by atoms with van der Waals surface area (Å²) in [5.41, 5.74) is 26.6. The van der Waals surface area contributed by atoms with Gasteiger partial charge in [-0.05, 0) is 200 Å². The summed E-state index contributed by atoms with van der Waals surface area (Å²) in [5.74, 6) is 0. The normalized spacial score (nSPS) is 16.8. The lowest BCUT2D eigenvalue weighted by Gasteiger charge is -2.46. The molecule has 14 aromatic rings. The molecule has 0 atom stereocenters. The molecular formula is C82H69BN4S. The van der Waals surface area contributed by atoms with Crippen LogP contribution in [-0.2, 0) is 21.7 Å². The van der Waals surface area contributed by atoms with Gasteiger partial charge in [-0.15, -0.1) is 11.3 Å². The number of rotatable bonds is 5. The van der Waals surface area contributed by atoms with Gasteiger partial charge >= 0.3 is 0 Å². The smallest absolute Gasteiger partial charge is 0.252 e. The third-order valence-electron chi connectivity index (χ3n) is 21.6. The Bertz CT molecular complexity index is 4960. The van der Waals surface area contributed by atoms with E-state index < -0.39 is 0 Å². The Kier molecular flexibility index (Phi) is 10.8. The van der Waals surface area contributed by atoms with E-state index in [-0.39, 0.29) is 28.4 Å². The monoisotopic (exact) mass is 1150 g/mol. The molecule has 0 saturated carbocycles. The summed E-state index contributed by atoms with van der Waals surface area (Å²) in [6.07, 6.45) is 4.59. The van der Waals surface area contributed by atoms with Gasteiger partial charge in [0, 0.05) is 87.2 Å². The molecule has 0 radical (unpaired) electrons. The summed E-state index contributed by atoms with van der Waals surface area (Å²) >= 11 is 1.89. The highest BCUT2D eigenvalue weighted by Crippen LogP contribution is 2.54. The zero-order valence-electron chi connectivity index (χ0n) is 51.5. The van der Waals surface area contributed by atoms with Crippen molar-refractivity contribution in [2.24, 2.45) is 0 Å². The number of benzene rings is 11. The molecule has 4 nitrogen and oxygen atoms in total. The first-order valence-corrected chi connectivity index (χ1v) is 32.7. The fourth-order valence-corrected chi connectivity index (χ4v) is 17.8. The number of hydrogen-bond acceptors (Lipinski definition) is 3. The van der Waals surface area contributed by atoms with Crippen LogP contribution >= 0.6 is 11.3 Å². The van der Waals surface area contributed by atoms with Crippen molar-refractivity contribution in [2.75, 3.05) is 9.80 Å². The van der Waals surface area contributed by atoms with Crippen LogP contribution in [0.25, 0.3) is 86.3 Å². The second-order valence-electron chi connectivity index (χ2n) is 28.6. The minimum absolute atomic E-state index is 0.00849. The molecule has 426 valence electrons. The maximum absolute atomic E-state index is 2.69. The number of hydrogen-bond donors (Lipinski definition) is 0. The Morgan fingerprint density at radius 3 is 1.15 bits per heavy atom. The van der Waals surface area contributed by atoms with Crippen molar-refractivity contribution in [3.8, 4) is 22.5 Å². The zero-order chi connectivity index (χ0) is 59.3. The average Bonchev–Trinajstić information content (AvgIpc) is 0.988. The summed E-state index contributed by atoms with van der Waals surface area (Å²) in [4.78, 5) is 5.38. The average molecular weight is 1150 g/mol. The van der Waals surface area contributed by atoms with E-state index in [2.05, 4.69) is 299 Å². The van der Waals surface area contributed by atoms with Crippen molar-refractivity contribution in [2.45, 2.75) is 103 Å². The van der Waals surface area contributed by atoms with Crippen LogP contribution in [0.2, 0.25) is 0 Å². The first-order valence-electron chi connectivity index (χ1n) is 31.9. The minimum Gasteiger partial charge on any atom is -0.311 e. The Labute approximate surface area is 520 Å². The van der Waals surface area contributed by atoms with E-state index in [1.54, 1.807) is 0 Å². The lowest BCUT2D eigenvalue weighted by Crippen LogP contribution is -2.61. The second kappa shape index (κ2) is 18.2. The van der Waals surface area contributed by atoms with Crippen LogP contribution in [0, 0.1) is 0 Å². The molecule has 0 unspecified atom stereocenters. The molecule has 4 aliphatic rings. The Balaban J connectivity index is 0.978. The van der Waals surface area contributed by atoms with E-state index >= 15 is 0 Å². The predicted molar refractivity (Wildman–Crippen MR) is 378 cm³/mol. The molecule has 11 aromatic carbocycles. The molecule has 88 heavy (non-hydrogen) atoms. The Morgan fingerprint density at radius 1 is 0.307 bits per heavy atom. The maximum atomic E-state index is 2.69. The van der Waals surface area contributed by atoms with Crippen molar-refractivity contribution >= 4 is 132 Å². The van der Waals surface area contributed by atoms with Gasteiger partial charge in [-0.25, -0.2) is 0 Å². The number of aromatic nitrogens is 2. The predicted octanol–water partition coefficient (Wildman–Crippen LogP) is 20.7. The molecule has 0 amide bonds. The zero-order valence-corrected chi connectivity index (χ0v) is 52.3. The van der Waals surface area contributed by atoms with Crippen LogP contribution in [0.5, 0.6) is 0 Å². The SMILES string of the molecule is CC1(C)CCC(C)(C)c2cc(N3c4cc(-n5c6ccccc6c6ccccc65)ccc4B4c5ccc(-n6c7ccccc7c7ccccc76)cc5N(c5ccc6c(c5)C(C)(C)CCC6(C)C)c5cc(-c6ccc7sc8ccccc8c7c6)cc3c54)ccc21. The van der Waals surface area contributed by atoms with Crippen molar-refractivity contribution in [1.29, 1.82) is 0 Å². The molecule has 18 rings (SSSR count). The summed E-state index contributed by atoms with van der Waals surface area (Å²) in [5, 5.41) is 7.66. The summed E-state index contributed by atoms with van der Waals surface area (Å²) in [7, 11) is 0. The molecule has 2 aliphatic heterocycles. The Hall–Kier alpha value is -9.10.